The lowest BCUT2D eigenvalue weighted by Crippen LogP contribution is -2.50. The van der Waals surface area contributed by atoms with E-state index in [1.54, 1.807) is 0 Å². The summed E-state index contributed by atoms with van der Waals surface area (Å²) >= 11 is 0. The van der Waals surface area contributed by atoms with Crippen molar-refractivity contribution in [2.24, 2.45) is 5.92 Å². The first-order valence-corrected chi connectivity index (χ1v) is 9.51. The summed E-state index contributed by atoms with van der Waals surface area (Å²) in [5, 5.41) is 12.7. The van der Waals surface area contributed by atoms with Crippen molar-refractivity contribution < 1.29 is 14.6 Å². The molecule has 1 aromatic heterocycles. The Labute approximate surface area is 164 Å². The van der Waals surface area contributed by atoms with Gasteiger partial charge in [-0.25, -0.2) is 0 Å². The van der Waals surface area contributed by atoms with Gasteiger partial charge in [-0.2, -0.15) is 0 Å². The molecule has 28 heavy (non-hydrogen) atoms. The molecule has 1 unspecified atom stereocenters. The number of para-hydroxylation sites is 1. The molecule has 0 spiro atoms. The first kappa shape index (κ1) is 18.5. The second kappa shape index (κ2) is 8.00. The number of nitrogens with one attached hydrogen (secondary N) is 1. The van der Waals surface area contributed by atoms with E-state index in [9.17, 15) is 9.90 Å². The summed E-state index contributed by atoms with van der Waals surface area (Å²) in [6.07, 6.45) is 0. The van der Waals surface area contributed by atoms with Gasteiger partial charge in [-0.1, -0.05) is 48.5 Å². The summed E-state index contributed by atoms with van der Waals surface area (Å²) in [6.45, 7) is 3.01. The summed E-state index contributed by atoms with van der Waals surface area (Å²) in [4.78, 5) is 13.0. The molecule has 1 aliphatic heterocycles. The average molecular weight is 376 g/mol. The Morgan fingerprint density at radius 1 is 1.14 bits per heavy atom. The van der Waals surface area contributed by atoms with Gasteiger partial charge in [0.1, 0.15) is 0 Å². The molecule has 0 bridgehead atoms. The first-order chi connectivity index (χ1) is 13.7. The third-order valence-electron chi connectivity index (χ3n) is 5.32. The van der Waals surface area contributed by atoms with Gasteiger partial charge in [0.25, 0.3) is 5.91 Å². The fourth-order valence-corrected chi connectivity index (χ4v) is 3.61. The number of rotatable bonds is 6. The Balaban J connectivity index is 1.74. The predicted octanol–water partition coefficient (Wildman–Crippen LogP) is 3.19. The third kappa shape index (κ3) is 3.46. The number of carbonyl (C=O) groups is 1. The van der Waals surface area contributed by atoms with Crippen molar-refractivity contribution in [1.82, 2.24) is 9.88 Å². The van der Waals surface area contributed by atoms with E-state index in [1.807, 2.05) is 73.7 Å². The van der Waals surface area contributed by atoms with Crippen LogP contribution < -0.4 is 5.32 Å². The van der Waals surface area contributed by atoms with Gasteiger partial charge in [0.05, 0.1) is 37.1 Å². The summed E-state index contributed by atoms with van der Waals surface area (Å²) in [7, 11) is 0. The van der Waals surface area contributed by atoms with Gasteiger partial charge in [0.15, 0.2) is 0 Å². The maximum atomic E-state index is 13.0. The molecule has 5 nitrogen and oxygen atoms in total. The van der Waals surface area contributed by atoms with Gasteiger partial charge in [-0.3, -0.25) is 4.79 Å². The number of aliphatic hydroxyl groups is 1. The number of benzene rings is 2. The normalized spacial score (nSPS) is 15.1. The van der Waals surface area contributed by atoms with Gasteiger partial charge in [-0.05, 0) is 30.7 Å². The molecule has 2 N–H and O–H groups in total. The highest BCUT2D eigenvalue weighted by Crippen LogP contribution is 2.29. The minimum atomic E-state index is -0.291. The molecular formula is C23H24N2O3. The summed E-state index contributed by atoms with van der Waals surface area (Å²) < 4.78 is 7.30. The number of hydrogen-bond donors (Lipinski definition) is 2. The lowest BCUT2D eigenvalue weighted by Gasteiger charge is -2.33. The zero-order chi connectivity index (χ0) is 19.5. The summed E-state index contributed by atoms with van der Waals surface area (Å²) in [5.41, 5.74) is 4.48. The molecule has 0 aliphatic carbocycles. The first-order valence-electron chi connectivity index (χ1n) is 9.51. The molecule has 2 heterocycles. The van der Waals surface area contributed by atoms with Crippen LogP contribution in [-0.4, -0.2) is 41.4 Å². The van der Waals surface area contributed by atoms with Crippen LogP contribution in [0.5, 0.6) is 0 Å². The molecule has 1 aliphatic rings. The second-order valence-electron chi connectivity index (χ2n) is 7.13. The van der Waals surface area contributed by atoms with Crippen LogP contribution in [0.15, 0.2) is 66.7 Å². The lowest BCUT2D eigenvalue weighted by atomic mass is 9.98. The molecule has 1 fully saturated rings. The molecular weight excluding hydrogens is 352 g/mol. The second-order valence-corrected chi connectivity index (χ2v) is 7.13. The van der Waals surface area contributed by atoms with Crippen molar-refractivity contribution in [3.05, 3.63) is 78.0 Å². The molecule has 1 atom stereocenters. The van der Waals surface area contributed by atoms with Crippen LogP contribution in [0.2, 0.25) is 0 Å². The van der Waals surface area contributed by atoms with E-state index in [0.717, 1.165) is 22.6 Å². The lowest BCUT2D eigenvalue weighted by molar-refractivity contribution is -0.0561. The van der Waals surface area contributed by atoms with Crippen molar-refractivity contribution in [2.75, 3.05) is 19.8 Å². The molecule has 4 rings (SSSR count). The quantitative estimate of drug-likeness (QED) is 0.694. The number of carbonyl (C=O) groups excluding carboxylic acids is 1. The van der Waals surface area contributed by atoms with Gasteiger partial charge in [0.2, 0.25) is 0 Å². The fourth-order valence-electron chi connectivity index (χ4n) is 3.61. The highest BCUT2D eigenvalue weighted by Gasteiger charge is 2.30. The van der Waals surface area contributed by atoms with E-state index in [1.165, 1.54) is 0 Å². The molecule has 1 amide bonds. The third-order valence-corrected chi connectivity index (χ3v) is 5.32. The van der Waals surface area contributed by atoms with Crippen LogP contribution in [0.1, 0.15) is 16.1 Å². The number of nitrogens with zero attached hydrogens (tertiary/aromatic N) is 1. The van der Waals surface area contributed by atoms with E-state index in [-0.39, 0.29) is 24.5 Å². The zero-order valence-electron chi connectivity index (χ0n) is 15.8. The minimum absolute atomic E-state index is 0.0935. The van der Waals surface area contributed by atoms with Gasteiger partial charge >= 0.3 is 0 Å². The number of hydrogen-bond acceptors (Lipinski definition) is 3. The Kier molecular flexibility index (Phi) is 5.28. The van der Waals surface area contributed by atoms with Crippen LogP contribution in [0, 0.1) is 12.8 Å². The van der Waals surface area contributed by atoms with Crippen LogP contribution >= 0.6 is 0 Å². The predicted molar refractivity (Wildman–Crippen MR) is 109 cm³/mol. The topological polar surface area (TPSA) is 63.5 Å². The van der Waals surface area contributed by atoms with Gasteiger partial charge < -0.3 is 19.7 Å². The summed E-state index contributed by atoms with van der Waals surface area (Å²) in [5.74, 6) is -0.00521. The monoisotopic (exact) mass is 376 g/mol. The van der Waals surface area contributed by atoms with E-state index in [2.05, 4.69) is 9.88 Å². The largest absolute Gasteiger partial charge is 0.394 e. The molecule has 144 valence electrons. The zero-order valence-corrected chi connectivity index (χ0v) is 15.8. The van der Waals surface area contributed by atoms with Crippen molar-refractivity contribution >= 4 is 5.91 Å². The number of amides is 1. The Hall–Kier alpha value is -2.89. The highest BCUT2D eigenvalue weighted by molar-refractivity contribution is 5.97. The van der Waals surface area contributed by atoms with E-state index in [4.69, 9.17) is 4.74 Å². The molecule has 2 aromatic carbocycles. The standard InChI is InChI=1S/C23H24N2O3/c1-16-20(23(27)24-21(13-26)18-14-28-15-18)12-22(17-8-4-2-5-9-17)25(16)19-10-6-3-7-11-19/h2-12,18,21,26H,13-15H2,1H3,(H,24,27). The van der Waals surface area contributed by atoms with Crippen molar-refractivity contribution in [1.29, 1.82) is 0 Å². The van der Waals surface area contributed by atoms with Crippen LogP contribution in [0.3, 0.4) is 0 Å². The van der Waals surface area contributed by atoms with Crippen LogP contribution in [0.25, 0.3) is 16.9 Å². The smallest absolute Gasteiger partial charge is 0.253 e. The van der Waals surface area contributed by atoms with Crippen LogP contribution in [0.4, 0.5) is 0 Å². The maximum Gasteiger partial charge on any atom is 0.253 e. The Morgan fingerprint density at radius 3 is 2.36 bits per heavy atom. The van der Waals surface area contributed by atoms with Crippen molar-refractivity contribution in [3.8, 4) is 16.9 Å². The Bertz CT molecular complexity index is 947. The van der Waals surface area contributed by atoms with Crippen molar-refractivity contribution in [2.45, 2.75) is 13.0 Å². The minimum Gasteiger partial charge on any atom is -0.394 e. The number of aromatic nitrogens is 1. The molecule has 5 heteroatoms. The van der Waals surface area contributed by atoms with E-state index >= 15 is 0 Å². The molecule has 0 saturated carbocycles. The highest BCUT2D eigenvalue weighted by atomic mass is 16.5. The van der Waals surface area contributed by atoms with E-state index < -0.39 is 0 Å². The molecule has 3 aromatic rings. The maximum absolute atomic E-state index is 13.0. The SMILES string of the molecule is Cc1c(C(=O)NC(CO)C2COC2)cc(-c2ccccc2)n1-c1ccccc1. The number of ether oxygens (including phenoxy) is 1. The molecule has 0 radical (unpaired) electrons. The van der Waals surface area contributed by atoms with Gasteiger partial charge in [-0.15, -0.1) is 0 Å². The number of aliphatic hydroxyl groups excluding tert-OH is 1. The van der Waals surface area contributed by atoms with Gasteiger partial charge in [0, 0.05) is 17.3 Å². The van der Waals surface area contributed by atoms with E-state index in [0.29, 0.717) is 18.8 Å². The summed E-state index contributed by atoms with van der Waals surface area (Å²) in [6, 6.07) is 21.7. The van der Waals surface area contributed by atoms with Crippen LogP contribution in [-0.2, 0) is 4.74 Å². The average Bonchev–Trinajstić information content (AvgIpc) is 3.04. The Morgan fingerprint density at radius 2 is 1.79 bits per heavy atom. The van der Waals surface area contributed by atoms with Crippen molar-refractivity contribution in [3.63, 3.8) is 0 Å². The molecule has 1 saturated heterocycles. The fraction of sp³-hybridized carbons (Fsp3) is 0.261.